The normalized spacial score (nSPS) is 10.9. The van der Waals surface area contributed by atoms with Crippen LogP contribution in [0.1, 0.15) is 43.5 Å². The molecule has 0 saturated heterocycles. The third-order valence-electron chi connectivity index (χ3n) is 4.17. The highest BCUT2D eigenvalue weighted by molar-refractivity contribution is 5.92. The molecule has 0 aliphatic carbocycles. The number of aliphatic carboxylic acids is 1. The third kappa shape index (κ3) is 5.26. The van der Waals surface area contributed by atoms with Gasteiger partial charge in [0, 0.05) is 12.1 Å². The van der Waals surface area contributed by atoms with Crippen LogP contribution in [-0.2, 0) is 9.59 Å². The Balaban J connectivity index is 2.41. The fraction of sp³-hybridized carbons (Fsp3) is 0.471. The van der Waals surface area contributed by atoms with Gasteiger partial charge in [-0.2, -0.15) is 0 Å². The predicted molar refractivity (Wildman–Crippen MR) is 88.7 cm³/mol. The molecule has 7 nitrogen and oxygen atoms in total. The van der Waals surface area contributed by atoms with Crippen molar-refractivity contribution in [1.82, 2.24) is 5.32 Å². The van der Waals surface area contributed by atoms with Crippen molar-refractivity contribution in [2.45, 2.75) is 33.1 Å². The molecule has 0 radical (unpaired) electrons. The van der Waals surface area contributed by atoms with Crippen LogP contribution in [0.25, 0.3) is 0 Å². The largest absolute Gasteiger partial charge is 0.493 e. The Labute approximate surface area is 141 Å². The van der Waals surface area contributed by atoms with E-state index in [1.165, 1.54) is 0 Å². The lowest BCUT2D eigenvalue weighted by molar-refractivity contribution is -0.149. The lowest BCUT2D eigenvalue weighted by Gasteiger charge is -2.26. The van der Waals surface area contributed by atoms with Gasteiger partial charge in [-0.15, -0.1) is 0 Å². The number of benzene rings is 1. The summed E-state index contributed by atoms with van der Waals surface area (Å²) in [6.45, 7) is 3.84. The van der Waals surface area contributed by atoms with Gasteiger partial charge in [0.15, 0.2) is 0 Å². The quantitative estimate of drug-likeness (QED) is 0.599. The van der Waals surface area contributed by atoms with Crippen LogP contribution in [0.2, 0.25) is 0 Å². The minimum Gasteiger partial charge on any atom is -0.493 e. The topological polar surface area (TPSA) is 119 Å². The average molecular weight is 336 g/mol. The highest BCUT2D eigenvalue weighted by Gasteiger charge is 2.34. The molecule has 1 aromatic carbocycles. The summed E-state index contributed by atoms with van der Waals surface area (Å²) in [5, 5.41) is 12.0. The Bertz CT molecular complexity index is 579. The van der Waals surface area contributed by atoms with E-state index in [2.05, 4.69) is 5.32 Å². The molecule has 0 bridgehead atoms. The van der Waals surface area contributed by atoms with Crippen LogP contribution >= 0.6 is 0 Å². The number of nitrogens with one attached hydrogen (secondary N) is 1. The molecule has 0 atom stereocenters. The first-order chi connectivity index (χ1) is 11.3. The number of carboxylic acid groups (broad SMARTS) is 1. The summed E-state index contributed by atoms with van der Waals surface area (Å²) in [7, 11) is 0. The van der Waals surface area contributed by atoms with E-state index in [9.17, 15) is 19.5 Å². The Hall–Kier alpha value is -2.57. The maximum absolute atomic E-state index is 11.8. The first-order valence-electron chi connectivity index (χ1n) is 7.87. The number of carbonyl (C=O) groups is 3. The van der Waals surface area contributed by atoms with Gasteiger partial charge in [0.2, 0.25) is 11.8 Å². The monoisotopic (exact) mass is 336 g/mol. The molecule has 0 heterocycles. The van der Waals surface area contributed by atoms with Crippen LogP contribution < -0.4 is 15.8 Å². The highest BCUT2D eigenvalue weighted by Crippen LogP contribution is 2.25. The Morgan fingerprint density at radius 1 is 1.17 bits per heavy atom. The summed E-state index contributed by atoms with van der Waals surface area (Å²) in [6, 6.07) is 6.28. The van der Waals surface area contributed by atoms with Crippen LogP contribution in [0.4, 0.5) is 0 Å². The molecule has 24 heavy (non-hydrogen) atoms. The van der Waals surface area contributed by atoms with E-state index in [0.717, 1.165) is 0 Å². The molecule has 2 amide bonds. The number of nitrogens with two attached hydrogens (primary N) is 1. The molecule has 0 fully saturated rings. The maximum atomic E-state index is 11.8. The summed E-state index contributed by atoms with van der Waals surface area (Å²) in [6.07, 6.45) is 1.00. The summed E-state index contributed by atoms with van der Waals surface area (Å²) in [4.78, 5) is 34.1. The molecule has 1 aromatic rings. The van der Waals surface area contributed by atoms with Crippen molar-refractivity contribution in [3.05, 3.63) is 29.8 Å². The molecule has 4 N–H and O–H groups in total. The zero-order valence-electron chi connectivity index (χ0n) is 14.0. The number of carboxylic acids is 1. The van der Waals surface area contributed by atoms with E-state index in [1.54, 1.807) is 38.1 Å². The molecule has 132 valence electrons. The SMILES string of the molecule is CCC(CC)(CNC(=O)CCOc1ccc(C(N)=O)cc1)C(=O)O. The number of amides is 2. The number of rotatable bonds is 10. The fourth-order valence-corrected chi connectivity index (χ4v) is 2.21. The van der Waals surface area contributed by atoms with Crippen molar-refractivity contribution in [3.63, 3.8) is 0 Å². The smallest absolute Gasteiger partial charge is 0.311 e. The Kier molecular flexibility index (Phi) is 7.23. The number of carbonyl (C=O) groups excluding carboxylic acids is 2. The van der Waals surface area contributed by atoms with E-state index in [0.29, 0.717) is 24.2 Å². The van der Waals surface area contributed by atoms with Gasteiger partial charge in [-0.3, -0.25) is 14.4 Å². The zero-order chi connectivity index (χ0) is 18.2. The second-order valence-electron chi connectivity index (χ2n) is 5.56. The van der Waals surface area contributed by atoms with E-state index >= 15 is 0 Å². The summed E-state index contributed by atoms with van der Waals surface area (Å²) >= 11 is 0. The molecule has 1 rings (SSSR count). The highest BCUT2D eigenvalue weighted by atomic mass is 16.5. The molecular formula is C17H24N2O5. The molecule has 0 aliphatic heterocycles. The summed E-state index contributed by atoms with van der Waals surface area (Å²) in [5.41, 5.74) is 4.59. The number of primary amides is 1. The van der Waals surface area contributed by atoms with E-state index in [1.807, 2.05) is 0 Å². The molecular weight excluding hydrogens is 312 g/mol. The molecule has 0 aliphatic rings. The lowest BCUT2D eigenvalue weighted by Crippen LogP contribution is -2.42. The van der Waals surface area contributed by atoms with E-state index in [4.69, 9.17) is 10.5 Å². The van der Waals surface area contributed by atoms with Crippen molar-refractivity contribution < 1.29 is 24.2 Å². The van der Waals surface area contributed by atoms with Gasteiger partial charge < -0.3 is 20.9 Å². The first-order valence-corrected chi connectivity index (χ1v) is 7.87. The maximum Gasteiger partial charge on any atom is 0.311 e. The van der Waals surface area contributed by atoms with Crippen molar-refractivity contribution in [2.75, 3.05) is 13.2 Å². The van der Waals surface area contributed by atoms with Crippen molar-refractivity contribution in [3.8, 4) is 5.75 Å². The first kappa shape index (κ1) is 19.5. The van der Waals surface area contributed by atoms with E-state index in [-0.39, 0.29) is 25.5 Å². The van der Waals surface area contributed by atoms with Gasteiger partial charge in [-0.25, -0.2) is 0 Å². The lowest BCUT2D eigenvalue weighted by atomic mass is 9.82. The minimum atomic E-state index is -0.929. The van der Waals surface area contributed by atoms with Gasteiger partial charge in [0.05, 0.1) is 18.4 Å². The molecule has 0 saturated carbocycles. The zero-order valence-corrected chi connectivity index (χ0v) is 14.0. The molecule has 0 aromatic heterocycles. The molecule has 0 unspecified atom stereocenters. The predicted octanol–water partition coefficient (Wildman–Crippen LogP) is 1.56. The van der Waals surface area contributed by atoms with Crippen molar-refractivity contribution in [1.29, 1.82) is 0 Å². The molecule has 0 spiro atoms. The minimum absolute atomic E-state index is 0.0987. The van der Waals surface area contributed by atoms with Crippen LogP contribution in [0.3, 0.4) is 0 Å². The summed E-state index contributed by atoms with van der Waals surface area (Å²) < 4.78 is 5.41. The second-order valence-corrected chi connectivity index (χ2v) is 5.56. The van der Waals surface area contributed by atoms with E-state index < -0.39 is 17.3 Å². The van der Waals surface area contributed by atoms with Gasteiger partial charge in [-0.05, 0) is 37.1 Å². The van der Waals surface area contributed by atoms with Gasteiger partial charge in [-0.1, -0.05) is 13.8 Å². The van der Waals surface area contributed by atoms with Crippen LogP contribution in [0.5, 0.6) is 5.75 Å². The number of ether oxygens (including phenoxy) is 1. The molecule has 7 heteroatoms. The standard InChI is InChI=1S/C17H24N2O5/c1-3-17(4-2,16(22)23)11-19-14(20)9-10-24-13-7-5-12(6-8-13)15(18)21/h5-8H,3-4,9-11H2,1-2H3,(H2,18,21)(H,19,20)(H,22,23). The van der Waals surface area contributed by atoms with Gasteiger partial charge >= 0.3 is 5.97 Å². The van der Waals surface area contributed by atoms with Gasteiger partial charge in [0.25, 0.3) is 0 Å². The summed E-state index contributed by atoms with van der Waals surface area (Å²) in [5.74, 6) is -1.17. The van der Waals surface area contributed by atoms with Gasteiger partial charge in [0.1, 0.15) is 5.75 Å². The second kappa shape index (κ2) is 8.90. The number of hydrogen-bond donors (Lipinski definition) is 3. The Morgan fingerprint density at radius 2 is 1.75 bits per heavy atom. The van der Waals surface area contributed by atoms with Crippen LogP contribution in [0.15, 0.2) is 24.3 Å². The van der Waals surface area contributed by atoms with Crippen LogP contribution in [-0.4, -0.2) is 36.0 Å². The van der Waals surface area contributed by atoms with Crippen LogP contribution in [0, 0.1) is 5.41 Å². The van der Waals surface area contributed by atoms with Crippen molar-refractivity contribution >= 4 is 17.8 Å². The van der Waals surface area contributed by atoms with Crippen molar-refractivity contribution in [2.24, 2.45) is 11.1 Å². The Morgan fingerprint density at radius 3 is 2.21 bits per heavy atom. The number of hydrogen-bond acceptors (Lipinski definition) is 4. The fourth-order valence-electron chi connectivity index (χ4n) is 2.21. The average Bonchev–Trinajstić information content (AvgIpc) is 2.56. The third-order valence-corrected chi connectivity index (χ3v) is 4.17.